The number of aryl methyl sites for hydroxylation is 3. The summed E-state index contributed by atoms with van der Waals surface area (Å²) in [7, 11) is 0. The number of nitrogens with zero attached hydrogens (tertiary/aromatic N) is 2. The average Bonchev–Trinajstić information content (AvgIpc) is 3.31. The summed E-state index contributed by atoms with van der Waals surface area (Å²) < 4.78 is 1.65. The molecule has 0 spiro atoms. The third-order valence-corrected chi connectivity index (χ3v) is 7.65. The maximum Gasteiger partial charge on any atom is 0.263 e. The molecule has 0 aromatic carbocycles. The topological polar surface area (TPSA) is 52.0 Å². The van der Waals surface area contributed by atoms with Gasteiger partial charge >= 0.3 is 0 Å². The van der Waals surface area contributed by atoms with Gasteiger partial charge in [-0.1, -0.05) is 17.8 Å². The fourth-order valence-electron chi connectivity index (χ4n) is 3.24. The number of carbonyl (C=O) groups excluding carboxylic acids is 1. The second kappa shape index (κ2) is 7.13. The highest BCUT2D eigenvalue weighted by Crippen LogP contribution is 2.35. The molecule has 0 saturated heterocycles. The molecule has 0 fully saturated rings. The summed E-state index contributed by atoms with van der Waals surface area (Å²) in [5.41, 5.74) is 1.18. The van der Waals surface area contributed by atoms with E-state index < -0.39 is 0 Å². The Morgan fingerprint density at radius 3 is 2.96 bits per heavy atom. The van der Waals surface area contributed by atoms with Crippen LogP contribution >= 0.6 is 34.4 Å². The standard InChI is InChI=1S/C19H18N2O2S3/c1-3-9-21-18(23)16-12-5-4-6-14(12)26-17(16)20-19(21)24-10-13(22)15-8-7-11(2)25-15/h3,7-8H,1,4-6,9-10H2,2H3. The van der Waals surface area contributed by atoms with Crippen LogP contribution < -0.4 is 5.56 Å². The van der Waals surface area contributed by atoms with E-state index in [0.717, 1.165) is 39.2 Å². The summed E-state index contributed by atoms with van der Waals surface area (Å²) in [5.74, 6) is 0.349. The summed E-state index contributed by atoms with van der Waals surface area (Å²) in [4.78, 5) is 34.2. The van der Waals surface area contributed by atoms with Crippen molar-refractivity contribution in [2.24, 2.45) is 0 Å². The van der Waals surface area contributed by atoms with E-state index in [1.54, 1.807) is 22.0 Å². The fraction of sp³-hybridized carbons (Fsp3) is 0.316. The predicted octanol–water partition coefficient (Wildman–Crippen LogP) is 4.48. The van der Waals surface area contributed by atoms with Gasteiger partial charge in [-0.05, 0) is 43.9 Å². The van der Waals surface area contributed by atoms with Gasteiger partial charge in [0.25, 0.3) is 5.56 Å². The van der Waals surface area contributed by atoms with Crippen LogP contribution in [0.1, 0.15) is 31.4 Å². The molecule has 0 atom stereocenters. The zero-order valence-corrected chi connectivity index (χ0v) is 16.9. The van der Waals surface area contributed by atoms with Gasteiger partial charge in [0.2, 0.25) is 0 Å². The molecule has 4 nitrogen and oxygen atoms in total. The van der Waals surface area contributed by atoms with Gasteiger partial charge < -0.3 is 0 Å². The lowest BCUT2D eigenvalue weighted by molar-refractivity contribution is 0.102. The lowest BCUT2D eigenvalue weighted by Gasteiger charge is -2.10. The largest absolute Gasteiger partial charge is 0.292 e. The van der Waals surface area contributed by atoms with Crippen molar-refractivity contribution in [3.63, 3.8) is 0 Å². The van der Waals surface area contributed by atoms with E-state index in [1.165, 1.54) is 33.5 Å². The van der Waals surface area contributed by atoms with Crippen molar-refractivity contribution < 1.29 is 4.79 Å². The summed E-state index contributed by atoms with van der Waals surface area (Å²) in [6.07, 6.45) is 4.82. The van der Waals surface area contributed by atoms with Crippen LogP contribution in [0.25, 0.3) is 10.2 Å². The number of rotatable bonds is 6. The van der Waals surface area contributed by atoms with E-state index in [4.69, 9.17) is 4.98 Å². The molecule has 1 aliphatic rings. The van der Waals surface area contributed by atoms with Crippen LogP contribution in [-0.4, -0.2) is 21.1 Å². The molecule has 1 aliphatic carbocycles. The number of thiophene rings is 2. The minimum atomic E-state index is -0.00350. The van der Waals surface area contributed by atoms with Gasteiger partial charge in [0.1, 0.15) is 4.83 Å². The molecule has 0 radical (unpaired) electrons. The first-order valence-corrected chi connectivity index (χ1v) is 11.1. The van der Waals surface area contributed by atoms with Gasteiger partial charge in [0, 0.05) is 16.3 Å². The highest BCUT2D eigenvalue weighted by atomic mass is 32.2. The van der Waals surface area contributed by atoms with Crippen LogP contribution in [0.15, 0.2) is 34.7 Å². The van der Waals surface area contributed by atoms with Crippen molar-refractivity contribution in [3.05, 3.63) is 55.3 Å². The number of thioether (sulfide) groups is 1. The summed E-state index contributed by atoms with van der Waals surface area (Å²) in [5, 5.41) is 1.37. The first kappa shape index (κ1) is 17.7. The Bertz CT molecular complexity index is 1070. The molecule has 0 bridgehead atoms. The number of hydrogen-bond acceptors (Lipinski definition) is 6. The Balaban J connectivity index is 1.69. The Kier molecular flexibility index (Phi) is 4.86. The smallest absolute Gasteiger partial charge is 0.263 e. The van der Waals surface area contributed by atoms with Crippen LogP contribution in [0.3, 0.4) is 0 Å². The van der Waals surface area contributed by atoms with Crippen LogP contribution in [0.2, 0.25) is 0 Å². The average molecular weight is 403 g/mol. The molecule has 134 valence electrons. The quantitative estimate of drug-likeness (QED) is 0.264. The normalized spacial score (nSPS) is 13.3. The van der Waals surface area contributed by atoms with Gasteiger partial charge in [-0.25, -0.2) is 4.98 Å². The zero-order valence-electron chi connectivity index (χ0n) is 14.4. The van der Waals surface area contributed by atoms with Gasteiger partial charge in [-0.3, -0.25) is 14.2 Å². The van der Waals surface area contributed by atoms with Crippen molar-refractivity contribution in [2.45, 2.75) is 37.9 Å². The van der Waals surface area contributed by atoms with Crippen molar-refractivity contribution in [1.29, 1.82) is 0 Å². The first-order valence-electron chi connectivity index (χ1n) is 8.47. The number of allylic oxidation sites excluding steroid dienone is 1. The molecule has 0 N–H and O–H groups in total. The minimum Gasteiger partial charge on any atom is -0.292 e. The fourth-order valence-corrected chi connectivity index (χ4v) is 6.33. The van der Waals surface area contributed by atoms with Crippen LogP contribution in [-0.2, 0) is 19.4 Å². The summed E-state index contributed by atoms with van der Waals surface area (Å²) in [6.45, 7) is 6.16. The lowest BCUT2D eigenvalue weighted by atomic mass is 10.2. The highest BCUT2D eigenvalue weighted by molar-refractivity contribution is 7.99. The molecule has 0 amide bonds. The van der Waals surface area contributed by atoms with E-state index in [1.807, 2.05) is 19.1 Å². The monoisotopic (exact) mass is 402 g/mol. The SMILES string of the molecule is C=CCn1c(SCC(=O)c2ccc(C)s2)nc2sc3c(c2c1=O)CCC3. The maximum absolute atomic E-state index is 13.1. The van der Waals surface area contributed by atoms with E-state index in [0.29, 0.717) is 11.7 Å². The van der Waals surface area contributed by atoms with Crippen molar-refractivity contribution in [3.8, 4) is 0 Å². The second-order valence-electron chi connectivity index (χ2n) is 6.26. The van der Waals surface area contributed by atoms with Gasteiger partial charge in [-0.2, -0.15) is 0 Å². The number of aromatic nitrogens is 2. The van der Waals surface area contributed by atoms with E-state index in [9.17, 15) is 9.59 Å². The molecule has 4 rings (SSSR count). The number of carbonyl (C=O) groups is 1. The Morgan fingerprint density at radius 2 is 2.23 bits per heavy atom. The Hall–Kier alpha value is -1.70. The van der Waals surface area contributed by atoms with E-state index >= 15 is 0 Å². The molecule has 0 aliphatic heterocycles. The van der Waals surface area contributed by atoms with Crippen molar-refractivity contribution in [1.82, 2.24) is 9.55 Å². The van der Waals surface area contributed by atoms with E-state index in [-0.39, 0.29) is 17.1 Å². The Labute approximate surface area is 163 Å². The molecule has 3 aromatic heterocycles. The third-order valence-electron chi connectivity index (χ3n) is 4.45. The molecule has 3 aromatic rings. The first-order chi connectivity index (χ1) is 12.6. The third kappa shape index (κ3) is 3.08. The Morgan fingerprint density at radius 1 is 1.38 bits per heavy atom. The number of hydrogen-bond donors (Lipinski definition) is 0. The van der Waals surface area contributed by atoms with Crippen LogP contribution in [0.4, 0.5) is 0 Å². The second-order valence-corrected chi connectivity index (χ2v) is 9.57. The molecule has 3 heterocycles. The van der Waals surface area contributed by atoms with Crippen molar-refractivity contribution >= 4 is 50.4 Å². The van der Waals surface area contributed by atoms with E-state index in [2.05, 4.69) is 6.58 Å². The van der Waals surface area contributed by atoms with Gasteiger partial charge in [0.15, 0.2) is 10.9 Å². The number of fused-ring (bicyclic) bond motifs is 3. The van der Waals surface area contributed by atoms with Crippen LogP contribution in [0.5, 0.6) is 0 Å². The zero-order chi connectivity index (χ0) is 18.3. The van der Waals surface area contributed by atoms with Gasteiger partial charge in [-0.15, -0.1) is 29.3 Å². The molecular formula is C19H18N2O2S3. The molecule has 7 heteroatoms. The number of ketones is 1. The molecular weight excluding hydrogens is 384 g/mol. The van der Waals surface area contributed by atoms with Crippen LogP contribution in [0, 0.1) is 6.92 Å². The number of Topliss-reactive ketones (excluding diaryl/α,β-unsaturated/α-hetero) is 1. The maximum atomic E-state index is 13.1. The summed E-state index contributed by atoms with van der Waals surface area (Å²) >= 11 is 4.47. The van der Waals surface area contributed by atoms with Gasteiger partial charge in [0.05, 0.1) is 16.0 Å². The highest BCUT2D eigenvalue weighted by Gasteiger charge is 2.23. The minimum absolute atomic E-state index is 0.00350. The summed E-state index contributed by atoms with van der Waals surface area (Å²) in [6, 6.07) is 3.81. The van der Waals surface area contributed by atoms with Crippen molar-refractivity contribution in [2.75, 3.05) is 5.75 Å². The predicted molar refractivity (Wildman–Crippen MR) is 110 cm³/mol. The molecule has 0 unspecified atom stereocenters. The lowest BCUT2D eigenvalue weighted by Crippen LogP contribution is -2.23. The molecule has 26 heavy (non-hydrogen) atoms. The molecule has 0 saturated carbocycles.